The SMILES string of the molecule is CN(c1ccc(F)cc1)c1ncc(CNC2CC2)cc1Cl. The molecule has 3 rings (SSSR count). The highest BCUT2D eigenvalue weighted by Crippen LogP contribution is 2.29. The van der Waals surface area contributed by atoms with Crippen molar-refractivity contribution in [3.8, 4) is 0 Å². The van der Waals surface area contributed by atoms with Gasteiger partial charge in [0.25, 0.3) is 0 Å². The highest BCUT2D eigenvalue weighted by Gasteiger charge is 2.20. The standard InChI is InChI=1S/C16H17ClFN3/c1-21(14-6-2-12(18)3-7-14)16-15(17)8-11(10-20-16)9-19-13-4-5-13/h2-3,6-8,10,13,19H,4-5,9H2,1H3. The predicted octanol–water partition coefficient (Wildman–Crippen LogP) is 3.89. The van der Waals surface area contributed by atoms with Crippen LogP contribution in [0.1, 0.15) is 18.4 Å². The number of nitrogens with one attached hydrogen (secondary N) is 1. The van der Waals surface area contributed by atoms with Crippen LogP contribution in [0.4, 0.5) is 15.9 Å². The maximum atomic E-state index is 13.0. The van der Waals surface area contributed by atoms with Crippen LogP contribution in [0.2, 0.25) is 5.02 Å². The van der Waals surface area contributed by atoms with Crippen LogP contribution in [0.25, 0.3) is 0 Å². The second kappa shape index (κ2) is 6.00. The van der Waals surface area contributed by atoms with Crippen molar-refractivity contribution in [2.24, 2.45) is 0 Å². The fourth-order valence-electron chi connectivity index (χ4n) is 2.15. The van der Waals surface area contributed by atoms with E-state index in [0.29, 0.717) is 16.9 Å². The third kappa shape index (κ3) is 3.52. The molecular weight excluding hydrogens is 289 g/mol. The molecule has 21 heavy (non-hydrogen) atoms. The third-order valence-corrected chi connectivity index (χ3v) is 3.86. The first-order chi connectivity index (χ1) is 10.1. The fourth-order valence-corrected chi connectivity index (χ4v) is 2.47. The molecule has 1 aliphatic rings. The van der Waals surface area contributed by atoms with Gasteiger partial charge in [0.2, 0.25) is 0 Å². The van der Waals surface area contributed by atoms with Gasteiger partial charge in [-0.15, -0.1) is 0 Å². The van der Waals surface area contributed by atoms with Crippen LogP contribution in [0.15, 0.2) is 36.5 Å². The highest BCUT2D eigenvalue weighted by molar-refractivity contribution is 6.33. The van der Waals surface area contributed by atoms with Crippen molar-refractivity contribution in [1.29, 1.82) is 0 Å². The van der Waals surface area contributed by atoms with Crippen molar-refractivity contribution in [2.75, 3.05) is 11.9 Å². The lowest BCUT2D eigenvalue weighted by Gasteiger charge is -2.20. The van der Waals surface area contributed by atoms with Gasteiger partial charge >= 0.3 is 0 Å². The minimum Gasteiger partial charge on any atom is -0.328 e. The van der Waals surface area contributed by atoms with Crippen LogP contribution >= 0.6 is 11.6 Å². The van der Waals surface area contributed by atoms with Gasteiger partial charge in [-0.3, -0.25) is 0 Å². The highest BCUT2D eigenvalue weighted by atomic mass is 35.5. The number of benzene rings is 1. The van der Waals surface area contributed by atoms with Gasteiger partial charge in [-0.1, -0.05) is 11.6 Å². The Bertz CT molecular complexity index is 626. The second-order valence-electron chi connectivity index (χ2n) is 5.34. The number of halogens is 2. The van der Waals surface area contributed by atoms with E-state index in [9.17, 15) is 4.39 Å². The summed E-state index contributed by atoms with van der Waals surface area (Å²) in [4.78, 5) is 6.28. The van der Waals surface area contributed by atoms with Gasteiger partial charge in [-0.2, -0.15) is 0 Å². The lowest BCUT2D eigenvalue weighted by atomic mass is 10.2. The number of aromatic nitrogens is 1. The summed E-state index contributed by atoms with van der Waals surface area (Å²) in [6, 6.07) is 8.84. The molecule has 0 saturated heterocycles. The predicted molar refractivity (Wildman–Crippen MR) is 83.6 cm³/mol. The van der Waals surface area contributed by atoms with E-state index < -0.39 is 0 Å². The minimum atomic E-state index is -0.257. The summed E-state index contributed by atoms with van der Waals surface area (Å²) in [6.45, 7) is 0.790. The number of nitrogens with zero attached hydrogens (tertiary/aromatic N) is 2. The van der Waals surface area contributed by atoms with Crippen LogP contribution in [-0.4, -0.2) is 18.1 Å². The van der Waals surface area contributed by atoms with E-state index in [2.05, 4.69) is 10.3 Å². The quantitative estimate of drug-likeness (QED) is 0.908. The average Bonchev–Trinajstić information content (AvgIpc) is 3.29. The Kier molecular flexibility index (Phi) is 4.08. The Morgan fingerprint density at radius 1 is 1.33 bits per heavy atom. The Morgan fingerprint density at radius 3 is 2.67 bits per heavy atom. The van der Waals surface area contributed by atoms with E-state index in [4.69, 9.17) is 11.6 Å². The average molecular weight is 306 g/mol. The Morgan fingerprint density at radius 2 is 2.05 bits per heavy atom. The van der Waals surface area contributed by atoms with Crippen molar-refractivity contribution in [1.82, 2.24) is 10.3 Å². The molecule has 0 bridgehead atoms. The zero-order valence-electron chi connectivity index (χ0n) is 11.8. The first-order valence-corrected chi connectivity index (χ1v) is 7.38. The lowest BCUT2D eigenvalue weighted by molar-refractivity contribution is 0.628. The van der Waals surface area contributed by atoms with Crippen molar-refractivity contribution < 1.29 is 4.39 Å². The zero-order valence-corrected chi connectivity index (χ0v) is 12.6. The summed E-state index contributed by atoms with van der Waals surface area (Å²) in [6.07, 6.45) is 4.34. The summed E-state index contributed by atoms with van der Waals surface area (Å²) in [5.41, 5.74) is 1.91. The van der Waals surface area contributed by atoms with E-state index >= 15 is 0 Å². The Balaban J connectivity index is 1.75. The Labute approximate surface area is 128 Å². The number of hydrogen-bond donors (Lipinski definition) is 1. The monoisotopic (exact) mass is 305 g/mol. The molecule has 1 saturated carbocycles. The first kappa shape index (κ1) is 14.3. The largest absolute Gasteiger partial charge is 0.328 e. The van der Waals surface area contributed by atoms with Crippen molar-refractivity contribution in [2.45, 2.75) is 25.4 Å². The molecule has 1 heterocycles. The molecule has 0 aliphatic heterocycles. The van der Waals surface area contributed by atoms with Crippen molar-refractivity contribution in [3.63, 3.8) is 0 Å². The molecule has 1 aliphatic carbocycles. The van der Waals surface area contributed by atoms with E-state index in [0.717, 1.165) is 17.8 Å². The van der Waals surface area contributed by atoms with Gasteiger partial charge in [0.1, 0.15) is 5.82 Å². The van der Waals surface area contributed by atoms with Gasteiger partial charge < -0.3 is 10.2 Å². The van der Waals surface area contributed by atoms with Crippen LogP contribution in [0.3, 0.4) is 0 Å². The topological polar surface area (TPSA) is 28.2 Å². The molecule has 5 heteroatoms. The molecular formula is C16H17ClFN3. The minimum absolute atomic E-state index is 0.257. The Hall–Kier alpha value is -1.65. The molecule has 2 aromatic rings. The van der Waals surface area contributed by atoms with Crippen molar-refractivity contribution in [3.05, 3.63) is 52.9 Å². The normalized spacial score (nSPS) is 14.2. The fraction of sp³-hybridized carbons (Fsp3) is 0.312. The second-order valence-corrected chi connectivity index (χ2v) is 5.75. The van der Waals surface area contributed by atoms with Crippen LogP contribution < -0.4 is 10.2 Å². The van der Waals surface area contributed by atoms with Crippen LogP contribution in [0.5, 0.6) is 0 Å². The summed E-state index contributed by atoms with van der Waals surface area (Å²) in [5.74, 6) is 0.408. The molecule has 1 aromatic heterocycles. The van der Waals surface area contributed by atoms with E-state index in [1.54, 1.807) is 12.1 Å². The molecule has 1 fully saturated rings. The van der Waals surface area contributed by atoms with E-state index in [1.807, 2.05) is 24.2 Å². The molecule has 110 valence electrons. The molecule has 0 atom stereocenters. The molecule has 0 radical (unpaired) electrons. The molecule has 3 nitrogen and oxygen atoms in total. The van der Waals surface area contributed by atoms with Crippen molar-refractivity contribution >= 4 is 23.1 Å². The van der Waals surface area contributed by atoms with Crippen LogP contribution in [-0.2, 0) is 6.54 Å². The zero-order chi connectivity index (χ0) is 14.8. The molecule has 0 spiro atoms. The number of pyridine rings is 1. The molecule has 0 amide bonds. The number of rotatable bonds is 5. The third-order valence-electron chi connectivity index (χ3n) is 3.58. The number of hydrogen-bond acceptors (Lipinski definition) is 3. The lowest BCUT2D eigenvalue weighted by Crippen LogP contribution is -2.16. The summed E-state index contributed by atoms with van der Waals surface area (Å²) >= 11 is 6.33. The van der Waals surface area contributed by atoms with Crippen LogP contribution in [0, 0.1) is 5.82 Å². The summed E-state index contributed by atoms with van der Waals surface area (Å²) < 4.78 is 13.0. The van der Waals surface area contributed by atoms with Gasteiger partial charge in [0, 0.05) is 31.5 Å². The number of anilines is 2. The van der Waals surface area contributed by atoms with E-state index in [1.165, 1.54) is 25.0 Å². The summed E-state index contributed by atoms with van der Waals surface area (Å²) in [7, 11) is 1.86. The van der Waals surface area contributed by atoms with Gasteiger partial charge in [-0.25, -0.2) is 9.37 Å². The smallest absolute Gasteiger partial charge is 0.151 e. The van der Waals surface area contributed by atoms with Gasteiger partial charge in [-0.05, 0) is 48.7 Å². The molecule has 1 N–H and O–H groups in total. The first-order valence-electron chi connectivity index (χ1n) is 7.00. The molecule has 1 aromatic carbocycles. The maximum absolute atomic E-state index is 13.0. The molecule has 0 unspecified atom stereocenters. The summed E-state index contributed by atoms with van der Waals surface area (Å²) in [5, 5.41) is 4.03. The van der Waals surface area contributed by atoms with Gasteiger partial charge in [0.05, 0.1) is 5.02 Å². The maximum Gasteiger partial charge on any atom is 0.151 e. The van der Waals surface area contributed by atoms with E-state index in [-0.39, 0.29) is 5.82 Å². The van der Waals surface area contributed by atoms with Gasteiger partial charge in [0.15, 0.2) is 5.82 Å².